The van der Waals surface area contributed by atoms with Crippen molar-refractivity contribution in [1.29, 1.82) is 0 Å². The van der Waals surface area contributed by atoms with Crippen molar-refractivity contribution in [3.05, 3.63) is 65.2 Å². The number of rotatable bonds is 8. The van der Waals surface area contributed by atoms with Gasteiger partial charge in [0.1, 0.15) is 0 Å². The van der Waals surface area contributed by atoms with E-state index in [1.165, 1.54) is 16.0 Å². The Kier molecular flexibility index (Phi) is 5.80. The Bertz CT molecular complexity index is 722. The number of thiophene rings is 1. The Labute approximate surface area is 146 Å². The number of aliphatic hydroxyl groups is 1. The number of aromatic nitrogens is 2. The zero-order valence-electron chi connectivity index (χ0n) is 13.8. The maximum Gasteiger partial charge on any atom is 0.0794 e. The molecule has 0 amide bonds. The number of H-pyrrole nitrogens is 1. The molecule has 0 bridgehead atoms. The van der Waals surface area contributed by atoms with Crippen LogP contribution >= 0.6 is 11.3 Å². The molecule has 0 saturated heterocycles. The Morgan fingerprint density at radius 2 is 2.04 bits per heavy atom. The van der Waals surface area contributed by atoms with E-state index in [1.807, 2.05) is 25.3 Å². The zero-order valence-corrected chi connectivity index (χ0v) is 14.6. The topological polar surface area (TPSA) is 60.9 Å². The Hall–Kier alpha value is -1.95. The van der Waals surface area contributed by atoms with Gasteiger partial charge >= 0.3 is 0 Å². The van der Waals surface area contributed by atoms with E-state index < -0.39 is 0 Å². The van der Waals surface area contributed by atoms with Crippen molar-refractivity contribution >= 4 is 11.3 Å². The van der Waals surface area contributed by atoms with Crippen LogP contribution in [0.15, 0.2) is 54.0 Å². The second-order valence-electron chi connectivity index (χ2n) is 6.07. The highest BCUT2D eigenvalue weighted by Crippen LogP contribution is 2.26. The highest BCUT2D eigenvalue weighted by Gasteiger charge is 2.15. The summed E-state index contributed by atoms with van der Waals surface area (Å²) in [6.07, 6.45) is 2.32. The predicted octanol–water partition coefficient (Wildman–Crippen LogP) is 3.78. The maximum absolute atomic E-state index is 9.80. The van der Waals surface area contributed by atoms with Gasteiger partial charge in [-0.05, 0) is 36.3 Å². The molecule has 0 saturated carbocycles. The number of hydrogen-bond donors (Lipinski definition) is 3. The van der Waals surface area contributed by atoms with Crippen LogP contribution in [0.3, 0.4) is 0 Å². The summed E-state index contributed by atoms with van der Waals surface area (Å²) in [5.74, 6) is 0.295. The summed E-state index contributed by atoms with van der Waals surface area (Å²) in [6, 6.07) is 14.5. The largest absolute Gasteiger partial charge is 0.393 e. The number of aliphatic hydroxyl groups excluding tert-OH is 1. The molecular weight excluding hydrogens is 318 g/mol. The molecule has 0 radical (unpaired) electrons. The maximum atomic E-state index is 9.80. The van der Waals surface area contributed by atoms with Gasteiger partial charge in [0.15, 0.2) is 0 Å². The molecule has 4 nitrogen and oxygen atoms in total. The van der Waals surface area contributed by atoms with Crippen LogP contribution in [0, 0.1) is 0 Å². The summed E-state index contributed by atoms with van der Waals surface area (Å²) in [5.41, 5.74) is 3.52. The van der Waals surface area contributed by atoms with E-state index >= 15 is 0 Å². The molecule has 2 heterocycles. The average Bonchev–Trinajstić information content (AvgIpc) is 3.25. The molecule has 1 aromatic carbocycles. The summed E-state index contributed by atoms with van der Waals surface area (Å²) < 4.78 is 0. The van der Waals surface area contributed by atoms with Crippen molar-refractivity contribution in [3.63, 3.8) is 0 Å². The average molecular weight is 341 g/mol. The van der Waals surface area contributed by atoms with Crippen LogP contribution in [0.25, 0.3) is 10.6 Å². The van der Waals surface area contributed by atoms with Crippen LogP contribution in [0.5, 0.6) is 0 Å². The molecule has 2 unspecified atom stereocenters. The molecule has 3 N–H and O–H groups in total. The first-order valence-electron chi connectivity index (χ1n) is 8.24. The molecular formula is C19H23N3OS. The van der Waals surface area contributed by atoms with E-state index in [-0.39, 0.29) is 6.10 Å². The van der Waals surface area contributed by atoms with Crippen molar-refractivity contribution in [3.8, 4) is 10.6 Å². The fourth-order valence-electron chi connectivity index (χ4n) is 2.93. The van der Waals surface area contributed by atoms with Crippen LogP contribution in [0.2, 0.25) is 0 Å². The van der Waals surface area contributed by atoms with Crippen LogP contribution in [-0.2, 0) is 6.54 Å². The molecule has 2 atom stereocenters. The van der Waals surface area contributed by atoms with Gasteiger partial charge in [0.05, 0.1) is 22.9 Å². The molecule has 3 aromatic rings. The minimum absolute atomic E-state index is 0.295. The number of hydrogen-bond acceptors (Lipinski definition) is 4. The summed E-state index contributed by atoms with van der Waals surface area (Å²) in [7, 11) is 0. The fourth-order valence-corrected chi connectivity index (χ4v) is 3.69. The summed E-state index contributed by atoms with van der Waals surface area (Å²) >= 11 is 1.71. The molecule has 126 valence electrons. The highest BCUT2D eigenvalue weighted by atomic mass is 32.1. The molecule has 0 aliphatic heterocycles. The van der Waals surface area contributed by atoms with Gasteiger partial charge in [-0.2, -0.15) is 5.10 Å². The number of nitrogens with one attached hydrogen (secondary N) is 2. The van der Waals surface area contributed by atoms with Gasteiger partial charge in [0.25, 0.3) is 0 Å². The lowest BCUT2D eigenvalue weighted by molar-refractivity contribution is 0.173. The van der Waals surface area contributed by atoms with E-state index in [2.05, 4.69) is 51.2 Å². The monoisotopic (exact) mass is 341 g/mol. The third-order valence-corrected chi connectivity index (χ3v) is 4.98. The molecule has 3 rings (SSSR count). The SMILES string of the molecule is CC(O)CC(CNCc1cn[nH]c1-c1cccs1)c1ccccc1. The van der Waals surface area contributed by atoms with Crippen LogP contribution in [0.1, 0.15) is 30.4 Å². The number of aromatic amines is 1. The third-order valence-electron chi connectivity index (χ3n) is 4.09. The summed E-state index contributed by atoms with van der Waals surface area (Å²) in [4.78, 5) is 1.20. The van der Waals surface area contributed by atoms with Crippen LogP contribution < -0.4 is 5.32 Å². The summed E-state index contributed by atoms with van der Waals surface area (Å²) in [6.45, 7) is 3.43. The van der Waals surface area contributed by atoms with Crippen molar-refractivity contribution in [1.82, 2.24) is 15.5 Å². The lowest BCUT2D eigenvalue weighted by Crippen LogP contribution is -2.23. The van der Waals surface area contributed by atoms with Gasteiger partial charge in [-0.15, -0.1) is 11.3 Å². The molecule has 2 aromatic heterocycles. The first-order chi connectivity index (χ1) is 11.7. The van der Waals surface area contributed by atoms with Crippen LogP contribution in [0.4, 0.5) is 0 Å². The number of nitrogens with zero attached hydrogens (tertiary/aromatic N) is 1. The molecule has 0 spiro atoms. The van der Waals surface area contributed by atoms with Crippen molar-refractivity contribution in [2.24, 2.45) is 0 Å². The van der Waals surface area contributed by atoms with E-state index in [9.17, 15) is 5.11 Å². The Morgan fingerprint density at radius 1 is 1.21 bits per heavy atom. The molecule has 0 aliphatic rings. The standard InChI is InChI=1S/C19H23N3OS/c1-14(23)10-16(15-6-3-2-4-7-15)11-20-12-17-13-21-22-19(17)18-8-5-9-24-18/h2-9,13-14,16,20,23H,10-12H2,1H3,(H,21,22). The predicted molar refractivity (Wildman–Crippen MR) is 99.1 cm³/mol. The quantitative estimate of drug-likeness (QED) is 0.584. The molecule has 0 aliphatic carbocycles. The van der Waals surface area contributed by atoms with Crippen molar-refractivity contribution in [2.45, 2.75) is 31.9 Å². The van der Waals surface area contributed by atoms with Gasteiger partial charge in [0.2, 0.25) is 0 Å². The van der Waals surface area contributed by atoms with Crippen LogP contribution in [-0.4, -0.2) is 28.0 Å². The van der Waals surface area contributed by atoms with E-state index in [0.29, 0.717) is 5.92 Å². The first kappa shape index (κ1) is 16.9. The zero-order chi connectivity index (χ0) is 16.8. The smallest absolute Gasteiger partial charge is 0.0794 e. The third kappa shape index (κ3) is 4.32. The van der Waals surface area contributed by atoms with Gasteiger partial charge in [-0.1, -0.05) is 36.4 Å². The lowest BCUT2D eigenvalue weighted by atomic mass is 9.93. The van der Waals surface area contributed by atoms with Gasteiger partial charge in [0, 0.05) is 18.7 Å². The second-order valence-corrected chi connectivity index (χ2v) is 7.02. The molecule has 0 fully saturated rings. The second kappa shape index (κ2) is 8.24. The minimum Gasteiger partial charge on any atom is -0.393 e. The number of benzene rings is 1. The Morgan fingerprint density at radius 3 is 2.75 bits per heavy atom. The van der Waals surface area contributed by atoms with Crippen molar-refractivity contribution < 1.29 is 5.11 Å². The fraction of sp³-hybridized carbons (Fsp3) is 0.316. The normalized spacial score (nSPS) is 13.8. The van der Waals surface area contributed by atoms with Crippen molar-refractivity contribution in [2.75, 3.05) is 6.54 Å². The Balaban J connectivity index is 1.63. The molecule has 5 heteroatoms. The van der Waals surface area contributed by atoms with Gasteiger partial charge < -0.3 is 10.4 Å². The first-order valence-corrected chi connectivity index (χ1v) is 9.12. The molecule has 24 heavy (non-hydrogen) atoms. The van der Waals surface area contributed by atoms with E-state index in [0.717, 1.165) is 25.2 Å². The summed E-state index contributed by atoms with van der Waals surface area (Å²) in [5, 5.41) is 22.7. The highest BCUT2D eigenvalue weighted by molar-refractivity contribution is 7.13. The minimum atomic E-state index is -0.312. The van der Waals surface area contributed by atoms with Gasteiger partial charge in [-0.25, -0.2) is 0 Å². The van der Waals surface area contributed by atoms with E-state index in [4.69, 9.17) is 0 Å². The van der Waals surface area contributed by atoms with Gasteiger partial charge in [-0.3, -0.25) is 5.10 Å². The van der Waals surface area contributed by atoms with E-state index in [1.54, 1.807) is 11.3 Å². The lowest BCUT2D eigenvalue weighted by Gasteiger charge is -2.19.